The molecule has 1 atom stereocenters. The maximum Gasteiger partial charge on any atom is 0.387 e. The number of morpholine rings is 1. The van der Waals surface area contributed by atoms with Crippen molar-refractivity contribution in [3.63, 3.8) is 0 Å². The summed E-state index contributed by atoms with van der Waals surface area (Å²) in [6, 6.07) is 9.65. The van der Waals surface area contributed by atoms with E-state index in [0.29, 0.717) is 42.8 Å². The summed E-state index contributed by atoms with van der Waals surface area (Å²) >= 11 is 0. The number of aromatic amines is 1. The number of benzene rings is 1. The molecule has 0 amide bonds. The zero-order chi connectivity index (χ0) is 23.8. The van der Waals surface area contributed by atoms with E-state index < -0.39 is 6.61 Å². The van der Waals surface area contributed by atoms with Crippen molar-refractivity contribution < 1.29 is 18.3 Å². The van der Waals surface area contributed by atoms with Crippen molar-refractivity contribution in [3.8, 4) is 16.9 Å². The number of alkyl halides is 2. The zero-order valence-electron chi connectivity index (χ0n) is 18.7. The summed E-state index contributed by atoms with van der Waals surface area (Å²) in [6.07, 6.45) is 3.18. The quantitative estimate of drug-likeness (QED) is 0.563. The van der Waals surface area contributed by atoms with Gasteiger partial charge in [0, 0.05) is 24.5 Å². The van der Waals surface area contributed by atoms with E-state index in [-0.39, 0.29) is 17.4 Å². The molecule has 33 heavy (non-hydrogen) atoms. The lowest BCUT2D eigenvalue weighted by Gasteiger charge is -2.33. The second kappa shape index (κ2) is 11.4. The molecule has 2 aromatic heterocycles. The fraction of sp³-hybridized carbons (Fsp3) is 0.348. The van der Waals surface area contributed by atoms with E-state index in [1.54, 1.807) is 36.7 Å². The SMILES string of the molecule is CC.CC1COCCN1c1nccc(Nc2cc(-c3ccc(OC(F)F)cc3)c[nH]c2=O)n1. The third kappa shape index (κ3) is 6.26. The monoisotopic (exact) mass is 459 g/mol. The van der Waals surface area contributed by atoms with E-state index in [9.17, 15) is 13.6 Å². The highest BCUT2D eigenvalue weighted by Gasteiger charge is 2.21. The van der Waals surface area contributed by atoms with Crippen LogP contribution in [0.15, 0.2) is 53.6 Å². The Bertz CT molecular complexity index is 1090. The van der Waals surface area contributed by atoms with Gasteiger partial charge in [0.1, 0.15) is 17.3 Å². The van der Waals surface area contributed by atoms with Crippen molar-refractivity contribution in [2.75, 3.05) is 30.0 Å². The van der Waals surface area contributed by atoms with Gasteiger partial charge in [0.25, 0.3) is 5.56 Å². The maximum absolute atomic E-state index is 12.3. The summed E-state index contributed by atoms with van der Waals surface area (Å²) in [5, 5.41) is 3.04. The highest BCUT2D eigenvalue weighted by Crippen LogP contribution is 2.25. The molecular weight excluding hydrogens is 432 g/mol. The lowest BCUT2D eigenvalue weighted by Crippen LogP contribution is -2.44. The summed E-state index contributed by atoms with van der Waals surface area (Å²) in [6.45, 7) is 5.05. The smallest absolute Gasteiger partial charge is 0.387 e. The molecule has 1 unspecified atom stereocenters. The lowest BCUT2D eigenvalue weighted by molar-refractivity contribution is -0.0498. The van der Waals surface area contributed by atoms with Crippen molar-refractivity contribution in [3.05, 3.63) is 59.1 Å². The summed E-state index contributed by atoms with van der Waals surface area (Å²) in [7, 11) is 0. The van der Waals surface area contributed by atoms with Crippen molar-refractivity contribution in [1.82, 2.24) is 15.0 Å². The van der Waals surface area contributed by atoms with Gasteiger partial charge in [-0.15, -0.1) is 0 Å². The Morgan fingerprint density at radius 1 is 1.21 bits per heavy atom. The molecule has 0 bridgehead atoms. The van der Waals surface area contributed by atoms with Crippen LogP contribution < -0.4 is 20.5 Å². The number of aromatic nitrogens is 3. The lowest BCUT2D eigenvalue weighted by atomic mass is 10.1. The molecule has 8 nitrogen and oxygen atoms in total. The molecule has 4 rings (SSSR count). The van der Waals surface area contributed by atoms with Gasteiger partial charge < -0.3 is 24.7 Å². The molecule has 10 heteroatoms. The normalized spacial score (nSPS) is 15.6. The van der Waals surface area contributed by atoms with Crippen LogP contribution in [0.5, 0.6) is 5.75 Å². The molecule has 176 valence electrons. The molecule has 3 aromatic rings. The van der Waals surface area contributed by atoms with E-state index in [4.69, 9.17) is 4.74 Å². The van der Waals surface area contributed by atoms with E-state index in [0.717, 1.165) is 5.56 Å². The molecular formula is C23H27F2N5O3. The molecule has 0 radical (unpaired) electrons. The Morgan fingerprint density at radius 3 is 2.67 bits per heavy atom. The molecule has 1 aromatic carbocycles. The number of halogens is 2. The molecule has 0 aliphatic carbocycles. The van der Waals surface area contributed by atoms with Crippen LogP contribution in [0, 0.1) is 0 Å². The summed E-state index contributed by atoms with van der Waals surface area (Å²) in [5.74, 6) is 1.10. The fourth-order valence-electron chi connectivity index (χ4n) is 3.29. The van der Waals surface area contributed by atoms with E-state index in [1.807, 2.05) is 20.8 Å². The van der Waals surface area contributed by atoms with Gasteiger partial charge in [0.05, 0.1) is 19.3 Å². The van der Waals surface area contributed by atoms with Crippen LogP contribution in [-0.2, 0) is 4.74 Å². The number of ether oxygens (including phenoxy) is 2. The maximum atomic E-state index is 12.3. The Kier molecular flexibility index (Phi) is 8.31. The number of hydrogen-bond donors (Lipinski definition) is 2. The number of hydrogen-bond acceptors (Lipinski definition) is 7. The predicted molar refractivity (Wildman–Crippen MR) is 123 cm³/mol. The van der Waals surface area contributed by atoms with E-state index in [2.05, 4.69) is 29.9 Å². The van der Waals surface area contributed by atoms with Gasteiger partial charge in [-0.25, -0.2) is 4.98 Å². The number of nitrogens with zero attached hydrogens (tertiary/aromatic N) is 3. The van der Waals surface area contributed by atoms with Crippen molar-refractivity contribution >= 4 is 17.5 Å². The molecule has 1 aliphatic heterocycles. The van der Waals surface area contributed by atoms with Crippen LogP contribution in [0.4, 0.5) is 26.2 Å². The van der Waals surface area contributed by atoms with Crippen LogP contribution in [0.25, 0.3) is 11.1 Å². The molecule has 1 fully saturated rings. The Morgan fingerprint density at radius 2 is 1.97 bits per heavy atom. The standard InChI is InChI=1S/C21H21F2N5O3.C2H6/c1-13-12-30-9-8-28(13)21-24-7-6-18(27-21)26-17-10-15(11-25-19(17)29)14-2-4-16(5-3-14)31-20(22)23;1-2/h2-7,10-11,13,20H,8-9,12H2,1H3,(H,25,29)(H,24,26,27);1-2H3. The zero-order valence-corrected chi connectivity index (χ0v) is 18.7. The number of pyridine rings is 1. The summed E-state index contributed by atoms with van der Waals surface area (Å²) in [5.41, 5.74) is 1.40. The van der Waals surface area contributed by atoms with Gasteiger partial charge in [-0.05, 0) is 36.8 Å². The molecule has 2 N–H and O–H groups in total. The Hall–Kier alpha value is -3.53. The first-order valence-corrected chi connectivity index (χ1v) is 10.7. The number of anilines is 3. The van der Waals surface area contributed by atoms with Gasteiger partial charge in [-0.2, -0.15) is 13.8 Å². The molecule has 0 saturated carbocycles. The van der Waals surface area contributed by atoms with Gasteiger partial charge >= 0.3 is 6.61 Å². The fourth-order valence-corrected chi connectivity index (χ4v) is 3.29. The van der Waals surface area contributed by atoms with E-state index in [1.165, 1.54) is 12.1 Å². The van der Waals surface area contributed by atoms with Crippen molar-refractivity contribution in [2.24, 2.45) is 0 Å². The first-order chi connectivity index (χ1) is 16.0. The van der Waals surface area contributed by atoms with Gasteiger partial charge in [-0.1, -0.05) is 26.0 Å². The molecule has 3 heterocycles. The first kappa shape index (κ1) is 24.1. The molecule has 1 aliphatic rings. The number of nitrogens with one attached hydrogen (secondary N) is 2. The van der Waals surface area contributed by atoms with Crippen LogP contribution in [0.3, 0.4) is 0 Å². The molecule has 1 saturated heterocycles. The first-order valence-electron chi connectivity index (χ1n) is 10.7. The van der Waals surface area contributed by atoms with Crippen LogP contribution in [-0.4, -0.2) is 47.4 Å². The summed E-state index contributed by atoms with van der Waals surface area (Å²) in [4.78, 5) is 25.9. The average Bonchev–Trinajstić information content (AvgIpc) is 2.82. The summed E-state index contributed by atoms with van der Waals surface area (Å²) < 4.78 is 34.5. The van der Waals surface area contributed by atoms with Crippen LogP contribution >= 0.6 is 0 Å². The average molecular weight is 459 g/mol. The van der Waals surface area contributed by atoms with Crippen LogP contribution in [0.1, 0.15) is 20.8 Å². The van der Waals surface area contributed by atoms with Crippen LogP contribution in [0.2, 0.25) is 0 Å². The second-order valence-electron chi connectivity index (χ2n) is 7.02. The Balaban J connectivity index is 0.00000149. The van der Waals surface area contributed by atoms with Gasteiger partial charge in [0.2, 0.25) is 5.95 Å². The van der Waals surface area contributed by atoms with Crippen molar-refractivity contribution in [2.45, 2.75) is 33.4 Å². The second-order valence-corrected chi connectivity index (χ2v) is 7.02. The molecule has 0 spiro atoms. The highest BCUT2D eigenvalue weighted by atomic mass is 19.3. The van der Waals surface area contributed by atoms with Crippen molar-refractivity contribution in [1.29, 1.82) is 0 Å². The number of H-pyrrole nitrogens is 1. The minimum absolute atomic E-state index is 0.0624. The number of rotatable bonds is 6. The van der Waals surface area contributed by atoms with E-state index >= 15 is 0 Å². The van der Waals surface area contributed by atoms with Gasteiger partial charge in [-0.3, -0.25) is 4.79 Å². The minimum atomic E-state index is -2.88. The third-order valence-corrected chi connectivity index (χ3v) is 4.85. The van der Waals surface area contributed by atoms with Gasteiger partial charge in [0.15, 0.2) is 0 Å². The predicted octanol–water partition coefficient (Wildman–Crippen LogP) is 4.43. The topological polar surface area (TPSA) is 92.4 Å². The minimum Gasteiger partial charge on any atom is -0.435 e. The third-order valence-electron chi connectivity index (χ3n) is 4.85. The highest BCUT2D eigenvalue weighted by molar-refractivity contribution is 5.69. The largest absolute Gasteiger partial charge is 0.435 e. The Labute approximate surface area is 190 Å².